The van der Waals surface area contributed by atoms with E-state index in [0.29, 0.717) is 11.1 Å². The molecule has 0 saturated carbocycles. The van der Waals surface area contributed by atoms with Crippen LogP contribution >= 0.6 is 15.9 Å². The first kappa shape index (κ1) is 17.2. The maximum Gasteiger partial charge on any atom is 0.192 e. The Bertz CT molecular complexity index is 496. The zero-order valence-electron chi connectivity index (χ0n) is 13.9. The van der Waals surface area contributed by atoms with E-state index in [1.807, 2.05) is 0 Å². The third-order valence-corrected chi connectivity index (χ3v) is 9.94. The van der Waals surface area contributed by atoms with E-state index < -0.39 is 8.32 Å². The lowest BCUT2D eigenvalue weighted by Gasteiger charge is -2.36. The Morgan fingerprint density at radius 1 is 1.24 bits per heavy atom. The molecule has 0 aliphatic heterocycles. The lowest BCUT2D eigenvalue weighted by molar-refractivity contribution is 0.279. The van der Waals surface area contributed by atoms with Gasteiger partial charge in [0.25, 0.3) is 0 Å². The molecule has 0 amide bonds. The van der Waals surface area contributed by atoms with Crippen LogP contribution in [0.25, 0.3) is 0 Å². The first-order valence-electron chi connectivity index (χ1n) is 7.84. The molecule has 0 saturated heterocycles. The zero-order valence-corrected chi connectivity index (χ0v) is 16.5. The Kier molecular flexibility index (Phi) is 5.34. The fourth-order valence-corrected chi connectivity index (χ4v) is 3.97. The monoisotopic (exact) mass is 369 g/mol. The molecule has 1 aromatic rings. The molecule has 1 unspecified atom stereocenters. The van der Waals surface area contributed by atoms with Gasteiger partial charge in [0.1, 0.15) is 0 Å². The minimum atomic E-state index is -1.60. The molecule has 118 valence electrons. The Balaban J connectivity index is 1.74. The Morgan fingerprint density at radius 2 is 1.90 bits per heavy atom. The highest BCUT2D eigenvalue weighted by atomic mass is 79.9. The van der Waals surface area contributed by atoms with Crippen LogP contribution in [0.5, 0.6) is 0 Å². The molecule has 4 heteroatoms. The molecule has 0 heterocycles. The quantitative estimate of drug-likeness (QED) is 0.607. The summed E-state index contributed by atoms with van der Waals surface area (Å²) in [4.78, 5) is 0. The molecule has 1 N–H and O–H groups in total. The molecule has 21 heavy (non-hydrogen) atoms. The van der Waals surface area contributed by atoms with E-state index >= 15 is 0 Å². The van der Waals surface area contributed by atoms with Crippen LogP contribution in [0.1, 0.15) is 31.9 Å². The highest BCUT2D eigenvalue weighted by Crippen LogP contribution is 2.36. The topological polar surface area (TPSA) is 21.3 Å². The van der Waals surface area contributed by atoms with Crippen molar-refractivity contribution >= 4 is 24.2 Å². The van der Waals surface area contributed by atoms with Crippen LogP contribution in [0.2, 0.25) is 18.1 Å². The molecule has 1 aliphatic carbocycles. The van der Waals surface area contributed by atoms with Gasteiger partial charge in [0, 0.05) is 23.7 Å². The van der Waals surface area contributed by atoms with Crippen molar-refractivity contribution in [3.63, 3.8) is 0 Å². The van der Waals surface area contributed by atoms with Crippen LogP contribution in [0, 0.1) is 0 Å². The lowest BCUT2D eigenvalue weighted by Crippen LogP contribution is -2.43. The molecule has 0 radical (unpaired) electrons. The number of nitrogens with one attached hydrogen (secondary N) is 1. The second-order valence-electron chi connectivity index (χ2n) is 7.58. The van der Waals surface area contributed by atoms with Crippen LogP contribution in [-0.4, -0.2) is 27.5 Å². The standard InChI is InChI=1S/C17H28BrNOSi/c1-17(2,3)21(4,5)20-9-8-19-16-11-13-6-7-15(18)10-14(13)12-16/h6-7,10,16,19H,8-9,11-12H2,1-5H3. The lowest BCUT2D eigenvalue weighted by atomic mass is 10.1. The average Bonchev–Trinajstić information content (AvgIpc) is 2.75. The fraction of sp³-hybridized carbons (Fsp3) is 0.647. The molecular formula is C17H28BrNOSi. The van der Waals surface area contributed by atoms with Crippen molar-refractivity contribution in [1.29, 1.82) is 0 Å². The van der Waals surface area contributed by atoms with Gasteiger partial charge in [-0.2, -0.15) is 0 Å². The van der Waals surface area contributed by atoms with E-state index in [0.717, 1.165) is 26.0 Å². The van der Waals surface area contributed by atoms with Crippen LogP contribution in [0.15, 0.2) is 22.7 Å². The van der Waals surface area contributed by atoms with E-state index in [2.05, 4.69) is 73.3 Å². The zero-order chi connectivity index (χ0) is 15.7. The van der Waals surface area contributed by atoms with Crippen LogP contribution in [-0.2, 0) is 17.3 Å². The van der Waals surface area contributed by atoms with Gasteiger partial charge in [-0.15, -0.1) is 0 Å². The third kappa shape index (κ3) is 4.41. The highest BCUT2D eigenvalue weighted by Gasteiger charge is 2.36. The molecule has 1 aliphatic rings. The molecule has 0 spiro atoms. The van der Waals surface area contributed by atoms with Crippen molar-refractivity contribution < 1.29 is 4.43 Å². The fourth-order valence-electron chi connectivity index (χ4n) is 2.52. The summed E-state index contributed by atoms with van der Waals surface area (Å²) in [6, 6.07) is 7.20. The predicted molar refractivity (Wildman–Crippen MR) is 96.5 cm³/mol. The first-order valence-corrected chi connectivity index (χ1v) is 11.5. The third-order valence-electron chi connectivity index (χ3n) is 4.91. The predicted octanol–water partition coefficient (Wildman–Crippen LogP) is 4.53. The Hall–Kier alpha value is -0.163. The molecule has 2 nitrogen and oxygen atoms in total. The second-order valence-corrected chi connectivity index (χ2v) is 13.3. The van der Waals surface area contributed by atoms with Crippen LogP contribution in [0.3, 0.4) is 0 Å². The smallest absolute Gasteiger partial charge is 0.192 e. The number of rotatable bonds is 5. The normalized spacial score (nSPS) is 18.9. The summed E-state index contributed by atoms with van der Waals surface area (Å²) in [7, 11) is -1.60. The number of hydrogen-bond donors (Lipinski definition) is 1. The van der Waals surface area contributed by atoms with Gasteiger partial charge in [0.2, 0.25) is 0 Å². The molecule has 0 fully saturated rings. The van der Waals surface area contributed by atoms with E-state index in [-0.39, 0.29) is 0 Å². The number of fused-ring (bicyclic) bond motifs is 1. The molecule has 1 aromatic carbocycles. The average molecular weight is 370 g/mol. The summed E-state index contributed by atoms with van der Waals surface area (Å²) in [5, 5.41) is 3.95. The second kappa shape index (κ2) is 6.53. The minimum absolute atomic E-state index is 0.295. The van der Waals surface area contributed by atoms with Gasteiger partial charge in [0.05, 0.1) is 0 Å². The SMILES string of the molecule is CC(C)(C)[Si](C)(C)OCCNC1Cc2ccc(Br)cc2C1. The van der Waals surface area contributed by atoms with Gasteiger partial charge in [-0.25, -0.2) is 0 Å². The maximum atomic E-state index is 6.22. The van der Waals surface area contributed by atoms with Crippen molar-refractivity contribution in [2.24, 2.45) is 0 Å². The Morgan fingerprint density at radius 3 is 2.57 bits per heavy atom. The number of halogens is 1. The summed E-state index contributed by atoms with van der Waals surface area (Å²) >= 11 is 3.55. The molecule has 0 bridgehead atoms. The summed E-state index contributed by atoms with van der Waals surface area (Å²) < 4.78 is 7.40. The number of hydrogen-bond acceptors (Lipinski definition) is 2. The summed E-state index contributed by atoms with van der Waals surface area (Å²) in [6.45, 7) is 13.3. The van der Waals surface area contributed by atoms with Gasteiger partial charge >= 0.3 is 0 Å². The summed E-state index contributed by atoms with van der Waals surface area (Å²) in [5.41, 5.74) is 2.97. The largest absolute Gasteiger partial charge is 0.416 e. The molecule has 1 atom stereocenters. The van der Waals surface area contributed by atoms with Crippen molar-refractivity contribution in [3.8, 4) is 0 Å². The van der Waals surface area contributed by atoms with Crippen molar-refractivity contribution in [3.05, 3.63) is 33.8 Å². The van der Waals surface area contributed by atoms with Crippen LogP contribution < -0.4 is 5.32 Å². The summed E-state index contributed by atoms with van der Waals surface area (Å²) in [6.07, 6.45) is 2.28. The molecular weight excluding hydrogens is 342 g/mol. The van der Waals surface area contributed by atoms with Crippen molar-refractivity contribution in [2.45, 2.75) is 57.8 Å². The number of benzene rings is 1. The maximum absolute atomic E-state index is 6.22. The van der Waals surface area contributed by atoms with E-state index in [9.17, 15) is 0 Å². The van der Waals surface area contributed by atoms with Gasteiger partial charge in [-0.05, 0) is 54.2 Å². The van der Waals surface area contributed by atoms with Crippen molar-refractivity contribution in [2.75, 3.05) is 13.2 Å². The minimum Gasteiger partial charge on any atom is -0.416 e. The van der Waals surface area contributed by atoms with Gasteiger partial charge in [-0.1, -0.05) is 42.8 Å². The summed E-state index contributed by atoms with van der Waals surface area (Å²) in [5.74, 6) is 0. The van der Waals surface area contributed by atoms with E-state index in [4.69, 9.17) is 4.43 Å². The van der Waals surface area contributed by atoms with Crippen molar-refractivity contribution in [1.82, 2.24) is 5.32 Å². The molecule has 2 rings (SSSR count). The highest BCUT2D eigenvalue weighted by molar-refractivity contribution is 9.10. The molecule has 0 aromatic heterocycles. The van der Waals surface area contributed by atoms with Gasteiger partial charge in [-0.3, -0.25) is 0 Å². The Labute approximate surface area is 138 Å². The van der Waals surface area contributed by atoms with E-state index in [1.165, 1.54) is 15.6 Å². The van der Waals surface area contributed by atoms with Gasteiger partial charge < -0.3 is 9.74 Å². The first-order chi connectivity index (χ1) is 9.69. The van der Waals surface area contributed by atoms with Crippen LogP contribution in [0.4, 0.5) is 0 Å². The van der Waals surface area contributed by atoms with E-state index in [1.54, 1.807) is 0 Å². The van der Waals surface area contributed by atoms with Gasteiger partial charge in [0.15, 0.2) is 8.32 Å².